The molecule has 0 bridgehead atoms. The zero-order chi connectivity index (χ0) is 20.7. The molecule has 1 amide bonds. The summed E-state index contributed by atoms with van der Waals surface area (Å²) in [5, 5.41) is 4.78. The Bertz CT molecular complexity index is 960. The Morgan fingerprint density at radius 3 is 2.60 bits per heavy atom. The van der Waals surface area contributed by atoms with E-state index in [0.717, 1.165) is 56.2 Å². The molecule has 0 N–H and O–H groups in total. The maximum absolute atomic E-state index is 13.6. The zero-order valence-corrected chi connectivity index (χ0v) is 17.6. The largest absolute Gasteiger partial charge is 0.458 e. The number of hydrogen-bond donors (Lipinski definition) is 0. The van der Waals surface area contributed by atoms with Gasteiger partial charge in [-0.15, -0.1) is 0 Å². The van der Waals surface area contributed by atoms with Crippen molar-refractivity contribution in [3.8, 4) is 11.3 Å². The molecule has 3 heterocycles. The maximum Gasteiger partial charge on any atom is 0.307 e. The minimum absolute atomic E-state index is 0.102. The third kappa shape index (κ3) is 3.22. The van der Waals surface area contributed by atoms with Gasteiger partial charge >= 0.3 is 5.97 Å². The van der Waals surface area contributed by atoms with E-state index < -0.39 is 5.60 Å². The van der Waals surface area contributed by atoms with Crippen LogP contribution < -0.4 is 0 Å². The number of carbonyl (C=O) groups excluding carboxylic acids is 2. The van der Waals surface area contributed by atoms with E-state index in [1.165, 1.54) is 11.3 Å². The molecule has 1 unspecified atom stereocenters. The lowest BCUT2D eigenvalue weighted by atomic mass is 9.75. The van der Waals surface area contributed by atoms with Crippen LogP contribution in [0.5, 0.6) is 0 Å². The summed E-state index contributed by atoms with van der Waals surface area (Å²) in [5.41, 5.74) is 4.03. The topological polar surface area (TPSA) is 64.4 Å². The van der Waals surface area contributed by atoms with E-state index in [9.17, 15) is 9.59 Å². The molecule has 2 aliphatic heterocycles. The van der Waals surface area contributed by atoms with Crippen LogP contribution in [0.1, 0.15) is 49.8 Å². The molecule has 1 aromatic heterocycles. The van der Waals surface area contributed by atoms with Gasteiger partial charge in [-0.2, -0.15) is 5.10 Å². The first-order valence-electron chi connectivity index (χ1n) is 11.2. The van der Waals surface area contributed by atoms with Crippen molar-refractivity contribution in [1.82, 2.24) is 14.7 Å². The number of ether oxygens (including phenoxy) is 1. The van der Waals surface area contributed by atoms with Gasteiger partial charge in [-0.25, -0.2) is 0 Å². The standard InChI is InChI=1S/C24H29N3O3/c1-26-20-11-15-27(14-10-18(20)22(25-26)17-8-4-2-5-9-17)23(29)19-16-21(28)30-24(19)12-6-3-7-13-24/h2,4-5,8-9,19H,3,6-7,10-16H2,1H3. The normalized spacial score (nSPS) is 23.2. The highest BCUT2D eigenvalue weighted by Crippen LogP contribution is 2.45. The van der Waals surface area contributed by atoms with Crippen LogP contribution in [0.2, 0.25) is 0 Å². The second kappa shape index (κ2) is 7.56. The van der Waals surface area contributed by atoms with Crippen molar-refractivity contribution in [2.24, 2.45) is 13.0 Å². The number of fused-ring (bicyclic) bond motifs is 1. The number of aryl methyl sites for hydroxylation is 1. The average Bonchev–Trinajstić information content (AvgIpc) is 3.14. The SMILES string of the molecule is Cn1nc(-c2ccccc2)c2c1CCN(C(=O)C1CC(=O)OC13CCCCC3)CC2. The first kappa shape index (κ1) is 19.3. The number of nitrogens with zero attached hydrogens (tertiary/aromatic N) is 3. The van der Waals surface area contributed by atoms with Gasteiger partial charge in [0.2, 0.25) is 5.91 Å². The van der Waals surface area contributed by atoms with Crippen LogP contribution in [0.3, 0.4) is 0 Å². The van der Waals surface area contributed by atoms with Gasteiger partial charge in [0.15, 0.2) is 0 Å². The van der Waals surface area contributed by atoms with E-state index in [1.54, 1.807) is 0 Å². The molecular formula is C24H29N3O3. The molecule has 0 radical (unpaired) electrons. The van der Waals surface area contributed by atoms with Gasteiger partial charge in [0.1, 0.15) is 5.60 Å². The molecule has 158 valence electrons. The van der Waals surface area contributed by atoms with E-state index >= 15 is 0 Å². The van der Waals surface area contributed by atoms with Crippen molar-refractivity contribution < 1.29 is 14.3 Å². The predicted octanol–water partition coefficient (Wildman–Crippen LogP) is 3.28. The summed E-state index contributed by atoms with van der Waals surface area (Å²) in [7, 11) is 1.99. The number of hydrogen-bond acceptors (Lipinski definition) is 4. The fourth-order valence-corrected chi connectivity index (χ4v) is 5.65. The molecule has 5 rings (SSSR count). The van der Waals surface area contributed by atoms with Crippen molar-refractivity contribution in [2.45, 2.75) is 57.0 Å². The second-order valence-electron chi connectivity index (χ2n) is 8.94. The van der Waals surface area contributed by atoms with Crippen molar-refractivity contribution in [3.63, 3.8) is 0 Å². The number of rotatable bonds is 2. The fourth-order valence-electron chi connectivity index (χ4n) is 5.65. The predicted molar refractivity (Wildman–Crippen MR) is 113 cm³/mol. The van der Waals surface area contributed by atoms with Crippen molar-refractivity contribution in [1.29, 1.82) is 0 Å². The second-order valence-corrected chi connectivity index (χ2v) is 8.94. The summed E-state index contributed by atoms with van der Waals surface area (Å²) >= 11 is 0. The highest BCUT2D eigenvalue weighted by Gasteiger charge is 2.53. The summed E-state index contributed by atoms with van der Waals surface area (Å²) < 4.78 is 7.76. The molecule has 1 aromatic carbocycles. The Labute approximate surface area is 177 Å². The molecule has 2 aromatic rings. The van der Waals surface area contributed by atoms with Crippen LogP contribution in [-0.4, -0.2) is 45.2 Å². The number of esters is 1. The van der Waals surface area contributed by atoms with E-state index in [4.69, 9.17) is 9.84 Å². The lowest BCUT2D eigenvalue weighted by molar-refractivity contribution is -0.155. The number of amides is 1. The first-order valence-corrected chi connectivity index (χ1v) is 11.2. The number of aromatic nitrogens is 2. The van der Waals surface area contributed by atoms with E-state index in [0.29, 0.717) is 13.1 Å². The lowest BCUT2D eigenvalue weighted by Crippen LogP contribution is -2.48. The summed E-state index contributed by atoms with van der Waals surface area (Å²) in [6, 6.07) is 10.3. The molecule has 1 aliphatic carbocycles. The van der Waals surface area contributed by atoms with E-state index in [2.05, 4.69) is 12.1 Å². The molecule has 30 heavy (non-hydrogen) atoms. The first-order chi connectivity index (χ1) is 14.6. The van der Waals surface area contributed by atoms with Crippen LogP contribution in [0.4, 0.5) is 0 Å². The summed E-state index contributed by atoms with van der Waals surface area (Å²) in [5.74, 6) is -0.424. The zero-order valence-electron chi connectivity index (χ0n) is 17.6. The van der Waals surface area contributed by atoms with Crippen molar-refractivity contribution in [3.05, 3.63) is 41.6 Å². The Morgan fingerprint density at radius 1 is 1.10 bits per heavy atom. The van der Waals surface area contributed by atoms with Gasteiger partial charge < -0.3 is 9.64 Å². The van der Waals surface area contributed by atoms with Crippen LogP contribution >= 0.6 is 0 Å². The Kier molecular flexibility index (Phi) is 4.88. The number of benzene rings is 1. The Hall–Kier alpha value is -2.63. The molecule has 1 spiro atoms. The Morgan fingerprint density at radius 2 is 1.83 bits per heavy atom. The van der Waals surface area contributed by atoms with Crippen molar-refractivity contribution >= 4 is 11.9 Å². The molecule has 2 fully saturated rings. The van der Waals surface area contributed by atoms with Gasteiger partial charge in [-0.1, -0.05) is 36.8 Å². The lowest BCUT2D eigenvalue weighted by Gasteiger charge is -2.38. The quantitative estimate of drug-likeness (QED) is 0.717. The monoisotopic (exact) mass is 407 g/mol. The van der Waals surface area contributed by atoms with Crippen LogP contribution in [0.15, 0.2) is 30.3 Å². The van der Waals surface area contributed by atoms with Gasteiger partial charge in [0.05, 0.1) is 18.0 Å². The molecule has 6 nitrogen and oxygen atoms in total. The molecular weight excluding hydrogens is 378 g/mol. The van der Waals surface area contributed by atoms with Gasteiger partial charge in [0.25, 0.3) is 0 Å². The minimum atomic E-state index is -0.553. The molecule has 1 saturated heterocycles. The summed E-state index contributed by atoms with van der Waals surface area (Å²) in [4.78, 5) is 27.7. The molecule has 6 heteroatoms. The third-order valence-electron chi connectivity index (χ3n) is 7.20. The van der Waals surface area contributed by atoms with Gasteiger partial charge in [-0.05, 0) is 32.1 Å². The van der Waals surface area contributed by atoms with E-state index in [-0.39, 0.29) is 24.2 Å². The van der Waals surface area contributed by atoms with Gasteiger partial charge in [0, 0.05) is 43.4 Å². The van der Waals surface area contributed by atoms with Crippen molar-refractivity contribution in [2.75, 3.05) is 13.1 Å². The molecule has 3 aliphatic rings. The fraction of sp³-hybridized carbons (Fsp3) is 0.542. The van der Waals surface area contributed by atoms with E-state index in [1.807, 2.05) is 34.8 Å². The third-order valence-corrected chi connectivity index (χ3v) is 7.20. The van der Waals surface area contributed by atoms with Crippen LogP contribution in [-0.2, 0) is 34.2 Å². The Balaban J connectivity index is 1.38. The highest BCUT2D eigenvalue weighted by atomic mass is 16.6. The number of carbonyl (C=O) groups is 2. The van der Waals surface area contributed by atoms with Gasteiger partial charge in [-0.3, -0.25) is 14.3 Å². The highest BCUT2D eigenvalue weighted by molar-refractivity contribution is 5.88. The summed E-state index contributed by atoms with van der Waals surface area (Å²) in [6.07, 6.45) is 6.69. The molecule has 1 atom stereocenters. The van der Waals surface area contributed by atoms with Crippen LogP contribution in [0, 0.1) is 5.92 Å². The smallest absolute Gasteiger partial charge is 0.307 e. The average molecular weight is 408 g/mol. The summed E-state index contributed by atoms with van der Waals surface area (Å²) in [6.45, 7) is 1.33. The maximum atomic E-state index is 13.6. The minimum Gasteiger partial charge on any atom is -0.458 e. The molecule has 1 saturated carbocycles. The van der Waals surface area contributed by atoms with Crippen LogP contribution in [0.25, 0.3) is 11.3 Å².